The third-order valence-corrected chi connectivity index (χ3v) is 3.26. The van der Waals surface area contributed by atoms with Crippen LogP contribution in [0.1, 0.15) is 28.8 Å². The summed E-state index contributed by atoms with van der Waals surface area (Å²) in [5, 5.41) is 0. The van der Waals surface area contributed by atoms with E-state index in [2.05, 4.69) is 22.5 Å². The molecule has 1 aromatic carbocycles. The van der Waals surface area contributed by atoms with Gasteiger partial charge in [-0.25, -0.2) is 0 Å². The number of amides is 1. The van der Waals surface area contributed by atoms with Gasteiger partial charge in [-0.1, -0.05) is 12.1 Å². The quantitative estimate of drug-likeness (QED) is 0.598. The summed E-state index contributed by atoms with van der Waals surface area (Å²) in [6.07, 6.45) is 3.77. The van der Waals surface area contributed by atoms with Crippen LogP contribution in [0.25, 0.3) is 0 Å². The van der Waals surface area contributed by atoms with Crippen LogP contribution in [0.4, 0.5) is 0 Å². The third-order valence-electron chi connectivity index (χ3n) is 2.60. The van der Waals surface area contributed by atoms with Crippen molar-refractivity contribution >= 4 is 21.8 Å². The second-order valence-corrected chi connectivity index (χ2v) is 5.00. The Balaban J connectivity index is 2.71. The van der Waals surface area contributed by atoms with Gasteiger partial charge in [0.1, 0.15) is 0 Å². The highest BCUT2D eigenvalue weighted by Crippen LogP contribution is 2.19. The molecule has 3 heteroatoms. The third kappa shape index (κ3) is 4.00. The van der Waals surface area contributed by atoms with Gasteiger partial charge in [0.25, 0.3) is 5.91 Å². The van der Waals surface area contributed by atoms with Crippen LogP contribution in [0.2, 0.25) is 0 Å². The van der Waals surface area contributed by atoms with Crippen molar-refractivity contribution in [2.24, 2.45) is 0 Å². The lowest BCUT2D eigenvalue weighted by molar-refractivity contribution is 0.0793. The van der Waals surface area contributed by atoms with E-state index in [1.54, 1.807) is 4.90 Å². The van der Waals surface area contributed by atoms with Crippen LogP contribution in [-0.4, -0.2) is 24.4 Å². The smallest absolute Gasteiger partial charge is 0.254 e. The fraction of sp³-hybridized carbons (Fsp3) is 0.357. The standard InChI is InChI=1S/C14H18BrNO/c1-4-5-6-9-16(3)14(17)12-8-7-11(2)10-13(12)15/h4,7-8,10H,1,5-6,9H2,2-3H3. The number of unbranched alkanes of at least 4 members (excludes halogenated alkanes) is 1. The molecule has 0 atom stereocenters. The van der Waals surface area contributed by atoms with Crippen molar-refractivity contribution in [1.29, 1.82) is 0 Å². The maximum atomic E-state index is 12.1. The van der Waals surface area contributed by atoms with Gasteiger partial charge in [0.05, 0.1) is 5.56 Å². The van der Waals surface area contributed by atoms with Crippen LogP contribution in [0.3, 0.4) is 0 Å². The Morgan fingerprint density at radius 3 is 2.82 bits per heavy atom. The summed E-state index contributed by atoms with van der Waals surface area (Å²) in [4.78, 5) is 13.9. The van der Waals surface area contributed by atoms with Crippen molar-refractivity contribution in [2.45, 2.75) is 19.8 Å². The number of carbonyl (C=O) groups is 1. The van der Waals surface area contributed by atoms with E-state index < -0.39 is 0 Å². The molecule has 1 rings (SSSR count). The van der Waals surface area contributed by atoms with Crippen molar-refractivity contribution < 1.29 is 4.79 Å². The van der Waals surface area contributed by atoms with Crippen LogP contribution >= 0.6 is 15.9 Å². The minimum atomic E-state index is 0.0564. The van der Waals surface area contributed by atoms with Crippen LogP contribution < -0.4 is 0 Å². The SMILES string of the molecule is C=CCCCN(C)C(=O)c1ccc(C)cc1Br. The predicted octanol–water partition coefficient (Wildman–Crippen LogP) is 3.80. The number of carbonyl (C=O) groups excluding carboxylic acids is 1. The molecule has 0 aliphatic rings. The summed E-state index contributed by atoms with van der Waals surface area (Å²) in [5.41, 5.74) is 1.86. The zero-order valence-corrected chi connectivity index (χ0v) is 12.0. The first kappa shape index (κ1) is 14.0. The molecule has 0 unspecified atom stereocenters. The van der Waals surface area contributed by atoms with Crippen molar-refractivity contribution in [1.82, 2.24) is 4.90 Å². The molecule has 0 fully saturated rings. The number of halogens is 1. The molecule has 0 saturated carbocycles. The first-order chi connectivity index (χ1) is 8.06. The van der Waals surface area contributed by atoms with E-state index in [-0.39, 0.29) is 5.91 Å². The summed E-state index contributed by atoms with van der Waals surface area (Å²) in [6.45, 7) is 6.44. The highest BCUT2D eigenvalue weighted by Gasteiger charge is 2.14. The van der Waals surface area contributed by atoms with Gasteiger partial charge in [-0.15, -0.1) is 6.58 Å². The first-order valence-corrected chi connectivity index (χ1v) is 6.48. The molecule has 0 radical (unpaired) electrons. The second kappa shape index (κ2) is 6.60. The Hall–Kier alpha value is -1.09. The van der Waals surface area contributed by atoms with E-state index in [0.717, 1.165) is 35.0 Å². The van der Waals surface area contributed by atoms with Gasteiger partial charge in [0.2, 0.25) is 0 Å². The zero-order chi connectivity index (χ0) is 12.8. The molecule has 0 saturated heterocycles. The molecule has 0 spiro atoms. The summed E-state index contributed by atoms with van der Waals surface area (Å²) < 4.78 is 0.859. The van der Waals surface area contributed by atoms with E-state index >= 15 is 0 Å². The highest BCUT2D eigenvalue weighted by atomic mass is 79.9. The molecule has 0 heterocycles. The number of nitrogens with zero attached hydrogens (tertiary/aromatic N) is 1. The van der Waals surface area contributed by atoms with Gasteiger partial charge in [-0.05, 0) is 53.4 Å². The van der Waals surface area contributed by atoms with Crippen LogP contribution in [-0.2, 0) is 0 Å². The second-order valence-electron chi connectivity index (χ2n) is 4.14. The molecule has 92 valence electrons. The lowest BCUT2D eigenvalue weighted by atomic mass is 10.1. The Labute approximate surface area is 111 Å². The fourth-order valence-corrected chi connectivity index (χ4v) is 2.24. The van der Waals surface area contributed by atoms with E-state index in [4.69, 9.17) is 0 Å². The number of allylic oxidation sites excluding steroid dienone is 1. The highest BCUT2D eigenvalue weighted by molar-refractivity contribution is 9.10. The van der Waals surface area contributed by atoms with Crippen LogP contribution in [0.15, 0.2) is 35.3 Å². The molecule has 1 amide bonds. The molecule has 0 aliphatic carbocycles. The van der Waals surface area contributed by atoms with E-state index in [0.29, 0.717) is 0 Å². The molecule has 17 heavy (non-hydrogen) atoms. The molecule has 0 bridgehead atoms. The molecule has 0 aromatic heterocycles. The van der Waals surface area contributed by atoms with Crippen LogP contribution in [0.5, 0.6) is 0 Å². The van der Waals surface area contributed by atoms with Gasteiger partial charge in [0.15, 0.2) is 0 Å². The number of hydrogen-bond acceptors (Lipinski definition) is 1. The first-order valence-electron chi connectivity index (χ1n) is 5.68. The lowest BCUT2D eigenvalue weighted by Crippen LogP contribution is -2.28. The van der Waals surface area contributed by atoms with E-state index in [9.17, 15) is 4.79 Å². The summed E-state index contributed by atoms with van der Waals surface area (Å²) in [6, 6.07) is 5.78. The molecule has 1 aromatic rings. The number of benzene rings is 1. The molecular weight excluding hydrogens is 278 g/mol. The molecule has 0 N–H and O–H groups in total. The van der Waals surface area contributed by atoms with Crippen LogP contribution in [0, 0.1) is 6.92 Å². The van der Waals surface area contributed by atoms with Crippen molar-refractivity contribution in [3.63, 3.8) is 0 Å². The van der Waals surface area contributed by atoms with Crippen molar-refractivity contribution in [2.75, 3.05) is 13.6 Å². The number of aryl methyl sites for hydroxylation is 1. The maximum absolute atomic E-state index is 12.1. The Kier molecular flexibility index (Phi) is 5.42. The topological polar surface area (TPSA) is 20.3 Å². The number of hydrogen-bond donors (Lipinski definition) is 0. The van der Waals surface area contributed by atoms with Gasteiger partial charge in [-0.3, -0.25) is 4.79 Å². The number of rotatable bonds is 5. The predicted molar refractivity (Wildman–Crippen MR) is 75.3 cm³/mol. The minimum absolute atomic E-state index is 0.0564. The summed E-state index contributed by atoms with van der Waals surface area (Å²) in [7, 11) is 1.83. The molecular formula is C14H18BrNO. The van der Waals surface area contributed by atoms with E-state index in [1.807, 2.05) is 38.2 Å². The minimum Gasteiger partial charge on any atom is -0.342 e. The lowest BCUT2D eigenvalue weighted by Gasteiger charge is -2.17. The van der Waals surface area contributed by atoms with Gasteiger partial charge < -0.3 is 4.90 Å². The monoisotopic (exact) mass is 295 g/mol. The van der Waals surface area contributed by atoms with Crippen molar-refractivity contribution in [3.8, 4) is 0 Å². The Bertz CT molecular complexity index is 415. The van der Waals surface area contributed by atoms with Gasteiger partial charge >= 0.3 is 0 Å². The Morgan fingerprint density at radius 2 is 2.24 bits per heavy atom. The fourth-order valence-electron chi connectivity index (χ4n) is 1.57. The molecule has 0 aliphatic heterocycles. The maximum Gasteiger partial charge on any atom is 0.254 e. The average molecular weight is 296 g/mol. The van der Waals surface area contributed by atoms with Crippen molar-refractivity contribution in [3.05, 3.63) is 46.5 Å². The van der Waals surface area contributed by atoms with Gasteiger partial charge in [-0.2, -0.15) is 0 Å². The van der Waals surface area contributed by atoms with Gasteiger partial charge in [0, 0.05) is 18.1 Å². The average Bonchev–Trinajstić information content (AvgIpc) is 2.28. The molecule has 2 nitrogen and oxygen atoms in total. The largest absolute Gasteiger partial charge is 0.342 e. The normalized spacial score (nSPS) is 10.1. The van der Waals surface area contributed by atoms with E-state index in [1.165, 1.54) is 0 Å². The summed E-state index contributed by atoms with van der Waals surface area (Å²) in [5.74, 6) is 0.0564. The zero-order valence-electron chi connectivity index (χ0n) is 10.4. The Morgan fingerprint density at radius 1 is 1.53 bits per heavy atom. The summed E-state index contributed by atoms with van der Waals surface area (Å²) >= 11 is 3.43.